The third kappa shape index (κ3) is 5.49. The summed E-state index contributed by atoms with van der Waals surface area (Å²) in [5, 5.41) is 11.4. The van der Waals surface area contributed by atoms with Crippen molar-refractivity contribution in [2.75, 3.05) is 13.2 Å². The van der Waals surface area contributed by atoms with Crippen LogP contribution in [-0.2, 0) is 14.3 Å². The molecule has 18 heavy (non-hydrogen) atoms. The van der Waals surface area contributed by atoms with Crippen LogP contribution in [0.15, 0.2) is 0 Å². The number of carboxylic acid groups (broad SMARTS) is 1. The molecule has 1 aliphatic carbocycles. The molecule has 0 radical (unpaired) electrons. The monoisotopic (exact) mass is 257 g/mol. The zero-order valence-corrected chi connectivity index (χ0v) is 11.0. The molecule has 1 fully saturated rings. The number of amides is 1. The van der Waals surface area contributed by atoms with E-state index in [9.17, 15) is 9.59 Å². The summed E-state index contributed by atoms with van der Waals surface area (Å²) >= 11 is 0. The van der Waals surface area contributed by atoms with Gasteiger partial charge in [-0.25, -0.2) is 4.79 Å². The maximum atomic E-state index is 11.6. The van der Waals surface area contributed by atoms with Crippen molar-refractivity contribution >= 4 is 11.9 Å². The Morgan fingerprint density at radius 1 is 1.28 bits per heavy atom. The Bertz CT molecular complexity index is 274. The van der Waals surface area contributed by atoms with E-state index in [0.29, 0.717) is 5.92 Å². The van der Waals surface area contributed by atoms with Gasteiger partial charge in [0, 0.05) is 6.04 Å². The van der Waals surface area contributed by atoms with Crippen molar-refractivity contribution < 1.29 is 19.4 Å². The molecule has 2 N–H and O–H groups in total. The van der Waals surface area contributed by atoms with Crippen LogP contribution in [0.5, 0.6) is 0 Å². The summed E-state index contributed by atoms with van der Waals surface area (Å²) in [7, 11) is 0. The van der Waals surface area contributed by atoms with Crippen molar-refractivity contribution in [3.8, 4) is 0 Å². The number of aliphatic carboxylic acids is 1. The molecule has 1 rings (SSSR count). The molecule has 0 bridgehead atoms. The van der Waals surface area contributed by atoms with Gasteiger partial charge in [0.1, 0.15) is 13.2 Å². The lowest BCUT2D eigenvalue weighted by molar-refractivity contribution is -0.143. The fourth-order valence-electron chi connectivity index (χ4n) is 2.57. The van der Waals surface area contributed by atoms with Crippen molar-refractivity contribution in [3.05, 3.63) is 0 Å². The fraction of sp³-hybridized carbons (Fsp3) is 0.846. The van der Waals surface area contributed by atoms with Crippen LogP contribution in [-0.4, -0.2) is 36.2 Å². The molecule has 0 aromatic heterocycles. The van der Waals surface area contributed by atoms with Gasteiger partial charge < -0.3 is 15.2 Å². The summed E-state index contributed by atoms with van der Waals surface area (Å²) in [5.74, 6) is -0.706. The summed E-state index contributed by atoms with van der Waals surface area (Å²) in [6.07, 6.45) is 7.04. The third-order valence-corrected chi connectivity index (χ3v) is 3.46. The molecule has 1 atom stereocenters. The molecule has 1 aliphatic rings. The zero-order valence-electron chi connectivity index (χ0n) is 11.0. The van der Waals surface area contributed by atoms with Crippen LogP contribution in [0.2, 0.25) is 0 Å². The van der Waals surface area contributed by atoms with Gasteiger partial charge in [0.2, 0.25) is 5.91 Å². The van der Waals surface area contributed by atoms with Gasteiger partial charge >= 0.3 is 5.97 Å². The van der Waals surface area contributed by atoms with Crippen molar-refractivity contribution in [2.45, 2.75) is 51.5 Å². The Morgan fingerprint density at radius 3 is 2.50 bits per heavy atom. The number of hydrogen-bond donors (Lipinski definition) is 2. The molecule has 1 saturated carbocycles. The first-order valence-corrected chi connectivity index (χ1v) is 6.72. The first-order chi connectivity index (χ1) is 8.63. The van der Waals surface area contributed by atoms with Crippen molar-refractivity contribution in [1.29, 1.82) is 0 Å². The second kappa shape index (κ2) is 8.08. The number of carboxylic acids is 1. The minimum atomic E-state index is -1.05. The molecule has 1 unspecified atom stereocenters. The summed E-state index contributed by atoms with van der Waals surface area (Å²) in [6, 6.07) is 0.200. The largest absolute Gasteiger partial charge is 0.480 e. The maximum absolute atomic E-state index is 11.6. The van der Waals surface area contributed by atoms with E-state index >= 15 is 0 Å². The number of carbonyl (C=O) groups is 2. The van der Waals surface area contributed by atoms with E-state index in [1.54, 1.807) is 0 Å². The Balaban J connectivity index is 2.28. The number of carbonyl (C=O) groups excluding carboxylic acids is 1. The second-order valence-electron chi connectivity index (χ2n) is 4.87. The fourth-order valence-corrected chi connectivity index (χ4v) is 2.57. The minimum absolute atomic E-state index is 0.171. The molecule has 0 aliphatic heterocycles. The lowest BCUT2D eigenvalue weighted by Gasteiger charge is -2.30. The van der Waals surface area contributed by atoms with Crippen LogP contribution in [0.4, 0.5) is 0 Å². The average Bonchev–Trinajstić information content (AvgIpc) is 2.36. The molecule has 5 heteroatoms. The normalized spacial score (nSPS) is 18.3. The van der Waals surface area contributed by atoms with Crippen LogP contribution >= 0.6 is 0 Å². The van der Waals surface area contributed by atoms with E-state index in [2.05, 4.69) is 12.2 Å². The highest BCUT2D eigenvalue weighted by Crippen LogP contribution is 2.27. The summed E-state index contributed by atoms with van der Waals surface area (Å²) in [4.78, 5) is 21.9. The predicted molar refractivity (Wildman–Crippen MR) is 67.3 cm³/mol. The Morgan fingerprint density at radius 2 is 1.94 bits per heavy atom. The van der Waals surface area contributed by atoms with E-state index in [4.69, 9.17) is 9.84 Å². The smallest absolute Gasteiger partial charge is 0.329 e. The van der Waals surface area contributed by atoms with Gasteiger partial charge in [-0.15, -0.1) is 0 Å². The van der Waals surface area contributed by atoms with E-state index < -0.39 is 12.6 Å². The lowest BCUT2D eigenvalue weighted by Crippen LogP contribution is -2.42. The van der Waals surface area contributed by atoms with Gasteiger partial charge in [0.05, 0.1) is 0 Å². The van der Waals surface area contributed by atoms with Crippen molar-refractivity contribution in [2.24, 2.45) is 5.92 Å². The van der Waals surface area contributed by atoms with Crippen LogP contribution in [0.3, 0.4) is 0 Å². The van der Waals surface area contributed by atoms with E-state index in [0.717, 1.165) is 6.42 Å². The molecule has 0 saturated heterocycles. The molecular formula is C13H23NO4. The van der Waals surface area contributed by atoms with Gasteiger partial charge in [-0.3, -0.25) is 4.79 Å². The third-order valence-electron chi connectivity index (χ3n) is 3.46. The van der Waals surface area contributed by atoms with Crippen LogP contribution in [0, 0.1) is 5.92 Å². The van der Waals surface area contributed by atoms with Gasteiger partial charge in [-0.1, -0.05) is 26.2 Å². The van der Waals surface area contributed by atoms with Gasteiger partial charge in [-0.05, 0) is 25.2 Å². The molecule has 0 heterocycles. The van der Waals surface area contributed by atoms with Crippen LogP contribution in [0.25, 0.3) is 0 Å². The molecule has 0 spiro atoms. The van der Waals surface area contributed by atoms with E-state index in [-0.39, 0.29) is 18.6 Å². The summed E-state index contributed by atoms with van der Waals surface area (Å²) in [6.45, 7) is 1.47. The molecule has 1 amide bonds. The Labute approximate surface area is 108 Å². The molecule has 5 nitrogen and oxygen atoms in total. The Hall–Kier alpha value is -1.10. The quantitative estimate of drug-likeness (QED) is 0.725. The SMILES string of the molecule is CCC(NC(=O)COCC(=O)O)C1CCCCC1. The van der Waals surface area contributed by atoms with Gasteiger partial charge in [0.15, 0.2) is 0 Å². The predicted octanol–water partition coefficient (Wildman–Crippen LogP) is 1.56. The highest BCUT2D eigenvalue weighted by atomic mass is 16.5. The number of ether oxygens (including phenoxy) is 1. The number of hydrogen-bond acceptors (Lipinski definition) is 3. The second-order valence-corrected chi connectivity index (χ2v) is 4.87. The summed E-state index contributed by atoms with van der Waals surface area (Å²) in [5.41, 5.74) is 0. The minimum Gasteiger partial charge on any atom is -0.480 e. The highest BCUT2D eigenvalue weighted by molar-refractivity contribution is 5.78. The number of rotatable bonds is 7. The van der Waals surface area contributed by atoms with Crippen LogP contribution in [0.1, 0.15) is 45.4 Å². The first-order valence-electron chi connectivity index (χ1n) is 6.72. The van der Waals surface area contributed by atoms with Crippen LogP contribution < -0.4 is 5.32 Å². The Kier molecular flexibility index (Phi) is 6.72. The van der Waals surface area contributed by atoms with E-state index in [1.807, 2.05) is 0 Å². The van der Waals surface area contributed by atoms with E-state index in [1.165, 1.54) is 32.1 Å². The van der Waals surface area contributed by atoms with Gasteiger partial charge in [-0.2, -0.15) is 0 Å². The average molecular weight is 257 g/mol. The lowest BCUT2D eigenvalue weighted by atomic mass is 9.83. The highest BCUT2D eigenvalue weighted by Gasteiger charge is 2.23. The van der Waals surface area contributed by atoms with Crippen molar-refractivity contribution in [1.82, 2.24) is 5.32 Å². The van der Waals surface area contributed by atoms with Gasteiger partial charge in [0.25, 0.3) is 0 Å². The molecule has 0 aromatic rings. The molecule has 0 aromatic carbocycles. The van der Waals surface area contributed by atoms with Crippen molar-refractivity contribution in [3.63, 3.8) is 0 Å². The topological polar surface area (TPSA) is 75.6 Å². The first kappa shape index (κ1) is 15.0. The standard InChI is InChI=1S/C13H23NO4/c1-2-11(10-6-4-3-5-7-10)14-12(15)8-18-9-13(16)17/h10-11H,2-9H2,1H3,(H,14,15)(H,16,17). The number of nitrogens with one attached hydrogen (secondary N) is 1. The molecule has 104 valence electrons. The zero-order chi connectivity index (χ0) is 13.4. The maximum Gasteiger partial charge on any atom is 0.329 e. The molecular weight excluding hydrogens is 234 g/mol. The summed E-state index contributed by atoms with van der Waals surface area (Å²) < 4.78 is 4.78.